The molecular weight excluding hydrogens is 383 g/mol. The molecule has 0 N–H and O–H groups in total. The van der Waals surface area contributed by atoms with Gasteiger partial charge in [-0.2, -0.15) is 0 Å². The third kappa shape index (κ3) is 3.67. The highest BCUT2D eigenvalue weighted by atomic mass is 19.1. The lowest BCUT2D eigenvalue weighted by molar-refractivity contribution is 0.202. The minimum Gasteiger partial charge on any atom is -0.440 e. The summed E-state index contributed by atoms with van der Waals surface area (Å²) in [7, 11) is 0. The van der Waals surface area contributed by atoms with Crippen molar-refractivity contribution in [1.29, 1.82) is 0 Å². The van der Waals surface area contributed by atoms with Gasteiger partial charge in [-0.25, -0.2) is 14.4 Å². The van der Waals surface area contributed by atoms with Gasteiger partial charge < -0.3 is 9.32 Å². The van der Waals surface area contributed by atoms with E-state index in [2.05, 4.69) is 9.88 Å². The molecule has 1 fully saturated rings. The molecule has 0 atom stereocenters. The summed E-state index contributed by atoms with van der Waals surface area (Å²) in [5.41, 5.74) is 3.14. The van der Waals surface area contributed by atoms with Gasteiger partial charge in [-0.15, -0.1) is 0 Å². The number of nitrogens with zero attached hydrogens (tertiary/aromatic N) is 4. The normalized spacial score (nSPS) is 18.1. The first-order valence-electron chi connectivity index (χ1n) is 11.0. The van der Waals surface area contributed by atoms with Crippen LogP contribution in [-0.4, -0.2) is 39.1 Å². The Hall–Kier alpha value is -2.54. The van der Waals surface area contributed by atoms with E-state index < -0.39 is 0 Å². The lowest BCUT2D eigenvalue weighted by Crippen LogP contribution is -2.37. The van der Waals surface area contributed by atoms with E-state index in [9.17, 15) is 9.18 Å². The van der Waals surface area contributed by atoms with Gasteiger partial charge in [0.2, 0.25) is 0 Å². The minimum atomic E-state index is -0.303. The molecule has 2 aliphatic rings. The summed E-state index contributed by atoms with van der Waals surface area (Å²) in [6.45, 7) is 5.51. The number of benzene rings is 1. The quantitative estimate of drug-likeness (QED) is 0.658. The van der Waals surface area contributed by atoms with Gasteiger partial charge in [0.15, 0.2) is 11.5 Å². The summed E-state index contributed by atoms with van der Waals surface area (Å²) in [5.74, 6) is 1.62. The molecule has 5 rings (SSSR count). The van der Waals surface area contributed by atoms with E-state index in [0.29, 0.717) is 17.0 Å². The van der Waals surface area contributed by atoms with Gasteiger partial charge in [-0.1, -0.05) is 0 Å². The average molecular weight is 410 g/mol. The van der Waals surface area contributed by atoms with Crippen molar-refractivity contribution in [2.75, 3.05) is 19.6 Å². The molecule has 1 aromatic carbocycles. The fourth-order valence-electron chi connectivity index (χ4n) is 4.78. The Labute approximate surface area is 174 Å². The van der Waals surface area contributed by atoms with Crippen LogP contribution in [0.2, 0.25) is 0 Å². The van der Waals surface area contributed by atoms with Crippen molar-refractivity contribution in [3.05, 3.63) is 57.3 Å². The Morgan fingerprint density at radius 2 is 2.00 bits per heavy atom. The van der Waals surface area contributed by atoms with Crippen LogP contribution in [0.5, 0.6) is 0 Å². The zero-order valence-electron chi connectivity index (χ0n) is 17.4. The molecule has 4 heterocycles. The Morgan fingerprint density at radius 3 is 2.83 bits per heavy atom. The van der Waals surface area contributed by atoms with Crippen LogP contribution < -0.4 is 5.56 Å². The molecule has 2 aliphatic heterocycles. The van der Waals surface area contributed by atoms with Gasteiger partial charge in [0.1, 0.15) is 17.2 Å². The Kier molecular flexibility index (Phi) is 5.15. The van der Waals surface area contributed by atoms with Gasteiger partial charge in [-0.3, -0.25) is 9.36 Å². The summed E-state index contributed by atoms with van der Waals surface area (Å²) in [5, 5.41) is 0. The minimum absolute atomic E-state index is 0.158. The molecule has 1 saturated heterocycles. The van der Waals surface area contributed by atoms with Crippen molar-refractivity contribution >= 4 is 11.1 Å². The van der Waals surface area contributed by atoms with Crippen molar-refractivity contribution in [2.24, 2.45) is 0 Å². The van der Waals surface area contributed by atoms with Crippen LogP contribution in [0.25, 0.3) is 11.1 Å². The average Bonchev–Trinajstić information content (AvgIpc) is 3.17. The van der Waals surface area contributed by atoms with E-state index in [1.807, 2.05) is 11.5 Å². The van der Waals surface area contributed by atoms with Gasteiger partial charge >= 0.3 is 0 Å². The summed E-state index contributed by atoms with van der Waals surface area (Å²) in [6.07, 6.45) is 5.74. The number of aryl methyl sites for hydroxylation is 2. The molecule has 0 radical (unpaired) electrons. The summed E-state index contributed by atoms with van der Waals surface area (Å²) < 4.78 is 21.1. The molecule has 0 bridgehead atoms. The molecule has 158 valence electrons. The zero-order chi connectivity index (χ0) is 20.7. The van der Waals surface area contributed by atoms with Gasteiger partial charge in [0.25, 0.3) is 5.56 Å². The van der Waals surface area contributed by atoms with Crippen molar-refractivity contribution in [2.45, 2.75) is 57.9 Å². The third-order valence-corrected chi connectivity index (χ3v) is 6.56. The van der Waals surface area contributed by atoms with Gasteiger partial charge in [-0.05, 0) is 64.3 Å². The summed E-state index contributed by atoms with van der Waals surface area (Å²) >= 11 is 0. The first-order chi connectivity index (χ1) is 14.6. The van der Waals surface area contributed by atoms with E-state index in [1.165, 1.54) is 12.1 Å². The van der Waals surface area contributed by atoms with Gasteiger partial charge in [0, 0.05) is 42.8 Å². The van der Waals surface area contributed by atoms with Crippen molar-refractivity contribution in [3.8, 4) is 0 Å². The standard InChI is InChI=1S/C23H27FN4O2/c1-15-18(23(29)28-10-3-2-4-21(28)25-15)9-13-27-11-7-16(8-12-27)22-26-19-6-5-17(24)14-20(19)30-22/h5-6,14,16H,2-4,7-13H2,1H3. The molecule has 2 aromatic heterocycles. The number of fused-ring (bicyclic) bond motifs is 2. The molecule has 0 amide bonds. The largest absolute Gasteiger partial charge is 0.440 e. The Balaban J connectivity index is 1.22. The number of likely N-dealkylation sites (tertiary alicyclic amines) is 1. The highest BCUT2D eigenvalue weighted by molar-refractivity contribution is 5.72. The monoisotopic (exact) mass is 410 g/mol. The van der Waals surface area contributed by atoms with Crippen LogP contribution in [-0.2, 0) is 19.4 Å². The SMILES string of the molecule is Cc1nc2n(c(=O)c1CCN1CCC(c3nc4ccc(F)cc4o3)CC1)CCCC2. The van der Waals surface area contributed by atoms with Crippen LogP contribution in [0.1, 0.15) is 54.6 Å². The summed E-state index contributed by atoms with van der Waals surface area (Å²) in [4.78, 5) is 24.6. The van der Waals surface area contributed by atoms with E-state index in [1.54, 1.807) is 6.07 Å². The number of hydrogen-bond acceptors (Lipinski definition) is 5. The van der Waals surface area contributed by atoms with E-state index in [0.717, 1.165) is 81.8 Å². The predicted octanol–water partition coefficient (Wildman–Crippen LogP) is 3.59. The molecule has 3 aromatic rings. The molecule has 0 saturated carbocycles. The van der Waals surface area contributed by atoms with E-state index in [4.69, 9.17) is 9.40 Å². The van der Waals surface area contributed by atoms with Crippen molar-refractivity contribution in [1.82, 2.24) is 19.4 Å². The van der Waals surface area contributed by atoms with Crippen LogP contribution in [0.15, 0.2) is 27.4 Å². The number of halogens is 1. The fourth-order valence-corrected chi connectivity index (χ4v) is 4.78. The van der Waals surface area contributed by atoms with Gasteiger partial charge in [0.05, 0.1) is 0 Å². The molecule has 30 heavy (non-hydrogen) atoms. The first kappa shape index (κ1) is 19.4. The maximum atomic E-state index is 13.4. The van der Waals surface area contributed by atoms with Crippen molar-refractivity contribution < 1.29 is 8.81 Å². The molecule has 7 heteroatoms. The summed E-state index contributed by atoms with van der Waals surface area (Å²) in [6, 6.07) is 4.48. The lowest BCUT2D eigenvalue weighted by Gasteiger charge is -2.30. The maximum absolute atomic E-state index is 13.4. The number of oxazole rings is 1. The van der Waals surface area contributed by atoms with Crippen LogP contribution in [0, 0.1) is 12.7 Å². The molecule has 6 nitrogen and oxygen atoms in total. The Bertz CT molecular complexity index is 1130. The smallest absolute Gasteiger partial charge is 0.256 e. The third-order valence-electron chi connectivity index (χ3n) is 6.56. The Morgan fingerprint density at radius 1 is 1.17 bits per heavy atom. The molecule has 0 spiro atoms. The highest BCUT2D eigenvalue weighted by Gasteiger charge is 2.25. The first-order valence-corrected chi connectivity index (χ1v) is 11.0. The molecule has 0 unspecified atom stereocenters. The van der Waals surface area contributed by atoms with Crippen LogP contribution in [0.3, 0.4) is 0 Å². The van der Waals surface area contributed by atoms with Crippen LogP contribution >= 0.6 is 0 Å². The highest BCUT2D eigenvalue weighted by Crippen LogP contribution is 2.30. The predicted molar refractivity (Wildman–Crippen MR) is 112 cm³/mol. The van der Waals surface area contributed by atoms with E-state index >= 15 is 0 Å². The number of piperidine rings is 1. The number of aromatic nitrogens is 3. The van der Waals surface area contributed by atoms with E-state index in [-0.39, 0.29) is 17.3 Å². The second-order valence-electron chi connectivity index (χ2n) is 8.54. The lowest BCUT2D eigenvalue weighted by atomic mass is 9.96. The fraction of sp³-hybridized carbons (Fsp3) is 0.522. The van der Waals surface area contributed by atoms with Crippen molar-refractivity contribution in [3.63, 3.8) is 0 Å². The second-order valence-corrected chi connectivity index (χ2v) is 8.54. The molecular formula is C23H27FN4O2. The number of rotatable bonds is 4. The zero-order valence-corrected chi connectivity index (χ0v) is 17.4. The molecule has 0 aliphatic carbocycles. The number of hydrogen-bond donors (Lipinski definition) is 0. The van der Waals surface area contributed by atoms with Crippen LogP contribution in [0.4, 0.5) is 4.39 Å². The topological polar surface area (TPSA) is 64.2 Å². The maximum Gasteiger partial charge on any atom is 0.256 e. The second kappa shape index (κ2) is 7.95.